The van der Waals surface area contributed by atoms with Crippen LogP contribution in [0.15, 0.2) is 59.5 Å². The van der Waals surface area contributed by atoms with Gasteiger partial charge in [0.2, 0.25) is 10.0 Å². The molecule has 3 rings (SSSR count). The summed E-state index contributed by atoms with van der Waals surface area (Å²) in [6.07, 6.45) is 1.98. The molecule has 150 valence electrons. The lowest BCUT2D eigenvalue weighted by molar-refractivity contribution is -0.895. The second kappa shape index (κ2) is 9.56. The van der Waals surface area contributed by atoms with Crippen molar-refractivity contribution >= 4 is 33.4 Å². The number of nitrogens with one attached hydrogen (secondary N) is 2. The van der Waals surface area contributed by atoms with Gasteiger partial charge in [0.15, 0.2) is 6.54 Å². The van der Waals surface area contributed by atoms with Crippen LogP contribution in [0, 0.1) is 0 Å². The van der Waals surface area contributed by atoms with Crippen LogP contribution in [0.4, 0.5) is 5.69 Å². The lowest BCUT2D eigenvalue weighted by Gasteiger charge is -2.31. The van der Waals surface area contributed by atoms with Crippen molar-refractivity contribution in [1.82, 2.24) is 4.31 Å². The Balaban J connectivity index is 1.50. The number of carbonyl (C=O) groups excluding carboxylic acids is 1. The summed E-state index contributed by atoms with van der Waals surface area (Å²) in [4.78, 5) is 14.5. The number of anilines is 1. The standard InChI is InChI=1S/C20H25N3O3S2/c1-27-19-10-6-5-9-18(19)21-20(24)15-22-11-13-23(14-12-22)28(25,26)16-17-7-3-2-4-8-17/h2-10H,11-16H2,1H3,(H,21,24)/p+1. The molecule has 0 bridgehead atoms. The van der Waals surface area contributed by atoms with E-state index in [4.69, 9.17) is 0 Å². The maximum absolute atomic E-state index is 12.6. The summed E-state index contributed by atoms with van der Waals surface area (Å²) in [6, 6.07) is 16.9. The Morgan fingerprint density at radius 1 is 1.07 bits per heavy atom. The van der Waals surface area contributed by atoms with Crippen LogP contribution >= 0.6 is 11.8 Å². The Labute approximate surface area is 171 Å². The Morgan fingerprint density at radius 2 is 1.71 bits per heavy atom. The Kier molecular flexibility index (Phi) is 7.12. The number of hydrogen-bond acceptors (Lipinski definition) is 4. The summed E-state index contributed by atoms with van der Waals surface area (Å²) in [5.74, 6) is -0.0214. The number of amides is 1. The lowest BCUT2D eigenvalue weighted by Crippen LogP contribution is -3.15. The molecule has 6 nitrogen and oxygen atoms in total. The zero-order valence-electron chi connectivity index (χ0n) is 15.9. The molecule has 1 amide bonds. The van der Waals surface area contributed by atoms with Gasteiger partial charge >= 0.3 is 0 Å². The molecule has 8 heteroatoms. The van der Waals surface area contributed by atoms with Gasteiger partial charge in [-0.3, -0.25) is 4.79 Å². The van der Waals surface area contributed by atoms with E-state index in [2.05, 4.69) is 5.32 Å². The van der Waals surface area contributed by atoms with Crippen LogP contribution in [0.2, 0.25) is 0 Å². The Morgan fingerprint density at radius 3 is 2.39 bits per heavy atom. The van der Waals surface area contributed by atoms with Crippen LogP contribution < -0.4 is 10.2 Å². The molecule has 0 unspecified atom stereocenters. The fourth-order valence-electron chi connectivity index (χ4n) is 3.30. The first kappa shape index (κ1) is 20.9. The van der Waals surface area contributed by atoms with Crippen LogP contribution in [0.25, 0.3) is 0 Å². The summed E-state index contributed by atoms with van der Waals surface area (Å²) < 4.78 is 26.8. The normalized spacial score (nSPS) is 16.0. The second-order valence-corrected chi connectivity index (χ2v) is 9.63. The second-order valence-electron chi connectivity index (χ2n) is 6.82. The Hall–Kier alpha value is -1.87. The number of thioether (sulfide) groups is 1. The van der Waals surface area contributed by atoms with Gasteiger partial charge in [0.05, 0.1) is 37.6 Å². The van der Waals surface area contributed by atoms with Crippen LogP contribution in [-0.4, -0.2) is 57.6 Å². The van der Waals surface area contributed by atoms with E-state index < -0.39 is 10.0 Å². The largest absolute Gasteiger partial charge is 0.325 e. The van der Waals surface area contributed by atoms with E-state index in [1.165, 1.54) is 0 Å². The predicted octanol–water partition coefficient (Wildman–Crippen LogP) is 1.08. The van der Waals surface area contributed by atoms with Crippen molar-refractivity contribution in [3.8, 4) is 0 Å². The fourth-order valence-corrected chi connectivity index (χ4v) is 5.39. The highest BCUT2D eigenvalue weighted by atomic mass is 32.2. The van der Waals surface area contributed by atoms with Crippen molar-refractivity contribution in [2.75, 3.05) is 44.3 Å². The van der Waals surface area contributed by atoms with Gasteiger partial charge in [-0.15, -0.1) is 11.8 Å². The van der Waals surface area contributed by atoms with Gasteiger partial charge in [-0.2, -0.15) is 4.31 Å². The smallest absolute Gasteiger partial charge is 0.279 e. The quantitative estimate of drug-likeness (QED) is 0.658. The number of benzene rings is 2. The van der Waals surface area contributed by atoms with E-state index in [-0.39, 0.29) is 11.7 Å². The van der Waals surface area contributed by atoms with Crippen molar-refractivity contribution < 1.29 is 18.1 Å². The summed E-state index contributed by atoms with van der Waals surface area (Å²) in [7, 11) is -3.33. The van der Waals surface area contributed by atoms with Gasteiger partial charge in [-0.05, 0) is 24.0 Å². The van der Waals surface area contributed by atoms with Crippen molar-refractivity contribution in [1.29, 1.82) is 0 Å². The van der Waals surface area contributed by atoms with Crippen molar-refractivity contribution in [3.63, 3.8) is 0 Å². The molecule has 1 aliphatic rings. The number of sulfonamides is 1. The highest BCUT2D eigenvalue weighted by molar-refractivity contribution is 7.98. The van der Waals surface area contributed by atoms with E-state index >= 15 is 0 Å². The monoisotopic (exact) mass is 420 g/mol. The molecule has 0 atom stereocenters. The number of rotatable bonds is 7. The van der Waals surface area contributed by atoms with E-state index in [0.717, 1.165) is 21.0 Å². The van der Waals surface area contributed by atoms with Crippen molar-refractivity contribution in [2.45, 2.75) is 10.6 Å². The average Bonchev–Trinajstić information content (AvgIpc) is 2.69. The van der Waals surface area contributed by atoms with Crippen LogP contribution in [0.3, 0.4) is 0 Å². The maximum Gasteiger partial charge on any atom is 0.279 e. The molecule has 0 aromatic heterocycles. The maximum atomic E-state index is 12.6. The number of nitrogens with zero attached hydrogens (tertiary/aromatic N) is 1. The number of carbonyl (C=O) groups is 1. The van der Waals surface area contributed by atoms with E-state index in [9.17, 15) is 13.2 Å². The third-order valence-corrected chi connectivity index (χ3v) is 7.45. The molecule has 0 saturated carbocycles. The minimum atomic E-state index is -3.33. The van der Waals surface area contributed by atoms with Crippen LogP contribution in [-0.2, 0) is 20.6 Å². The highest BCUT2D eigenvalue weighted by Gasteiger charge is 2.30. The topological polar surface area (TPSA) is 70.9 Å². The predicted molar refractivity (Wildman–Crippen MR) is 113 cm³/mol. The SMILES string of the molecule is CSc1ccccc1NC(=O)C[NH+]1CCN(S(=O)(=O)Cc2ccccc2)CC1. The van der Waals surface area contributed by atoms with Gasteiger partial charge in [-0.1, -0.05) is 42.5 Å². The minimum absolute atomic E-state index is 0.0229. The molecule has 0 radical (unpaired) electrons. The van der Waals surface area contributed by atoms with Crippen molar-refractivity contribution in [3.05, 3.63) is 60.2 Å². The zero-order valence-corrected chi connectivity index (χ0v) is 17.6. The third-order valence-electron chi connectivity index (χ3n) is 4.81. The van der Waals surface area contributed by atoms with Crippen LogP contribution in [0.1, 0.15) is 5.56 Å². The fraction of sp³-hybridized carbons (Fsp3) is 0.350. The van der Waals surface area contributed by atoms with Gasteiger partial charge in [-0.25, -0.2) is 8.42 Å². The summed E-state index contributed by atoms with van der Waals surface area (Å²) >= 11 is 1.59. The molecule has 0 spiro atoms. The summed E-state index contributed by atoms with van der Waals surface area (Å²) in [5, 5.41) is 2.97. The molecule has 2 aromatic rings. The number of para-hydroxylation sites is 1. The average molecular weight is 421 g/mol. The van der Waals surface area contributed by atoms with Gasteiger partial charge in [0.1, 0.15) is 0 Å². The molecule has 2 N–H and O–H groups in total. The number of quaternary nitrogens is 1. The van der Waals surface area contributed by atoms with Gasteiger partial charge in [0.25, 0.3) is 5.91 Å². The highest BCUT2D eigenvalue weighted by Crippen LogP contribution is 2.24. The zero-order chi connectivity index (χ0) is 20.0. The van der Waals surface area contributed by atoms with E-state index in [1.807, 2.05) is 60.9 Å². The van der Waals surface area contributed by atoms with Gasteiger partial charge < -0.3 is 10.2 Å². The van der Waals surface area contributed by atoms with Gasteiger partial charge in [0, 0.05) is 4.90 Å². The van der Waals surface area contributed by atoms with E-state index in [1.54, 1.807) is 16.1 Å². The molecule has 1 fully saturated rings. The molecule has 28 heavy (non-hydrogen) atoms. The molecular formula is C20H26N3O3S2+. The molecule has 1 aliphatic heterocycles. The molecule has 0 aliphatic carbocycles. The molecule has 1 heterocycles. The molecule has 1 saturated heterocycles. The summed E-state index contributed by atoms with van der Waals surface area (Å²) in [5.41, 5.74) is 1.62. The van der Waals surface area contributed by atoms with Crippen molar-refractivity contribution in [2.24, 2.45) is 0 Å². The summed E-state index contributed by atoms with van der Waals surface area (Å²) in [6.45, 7) is 2.49. The molecule has 2 aromatic carbocycles. The van der Waals surface area contributed by atoms with E-state index in [0.29, 0.717) is 32.7 Å². The first-order valence-corrected chi connectivity index (χ1v) is 12.1. The number of piperazine rings is 1. The Bertz CT molecular complexity index is 896. The van der Waals surface area contributed by atoms with Crippen LogP contribution in [0.5, 0.6) is 0 Å². The first-order valence-electron chi connectivity index (χ1n) is 9.26. The minimum Gasteiger partial charge on any atom is -0.325 e. The third kappa shape index (κ3) is 5.57. The number of hydrogen-bond donors (Lipinski definition) is 2. The lowest BCUT2D eigenvalue weighted by atomic mass is 10.2. The molecular weight excluding hydrogens is 394 g/mol. The first-order chi connectivity index (χ1) is 13.5.